The van der Waals surface area contributed by atoms with Gasteiger partial charge in [-0.3, -0.25) is 9.59 Å². The van der Waals surface area contributed by atoms with E-state index in [9.17, 15) is 19.8 Å². The van der Waals surface area contributed by atoms with E-state index in [0.29, 0.717) is 0 Å². The van der Waals surface area contributed by atoms with Crippen LogP contribution in [0.2, 0.25) is 0 Å². The summed E-state index contributed by atoms with van der Waals surface area (Å²) in [7, 11) is 6.36. The van der Waals surface area contributed by atoms with Crippen LogP contribution in [0.15, 0.2) is 0 Å². The SMILES string of the molecule is O=C(O)C1CCCCCCSSC(C(=O)O)CCCCCCSS1. The van der Waals surface area contributed by atoms with E-state index in [1.165, 1.54) is 21.6 Å². The van der Waals surface area contributed by atoms with Crippen LogP contribution in [0.25, 0.3) is 0 Å². The molecule has 1 aliphatic heterocycles. The topological polar surface area (TPSA) is 74.6 Å². The highest BCUT2D eigenvalue weighted by Gasteiger charge is 2.19. The Kier molecular flexibility index (Phi) is 13.5. The van der Waals surface area contributed by atoms with E-state index < -0.39 is 11.9 Å². The molecule has 1 fully saturated rings. The molecule has 1 aliphatic rings. The first-order chi connectivity index (χ1) is 11.6. The molecule has 0 amide bonds. The molecule has 2 atom stereocenters. The van der Waals surface area contributed by atoms with Gasteiger partial charge in [-0.05, 0) is 25.7 Å². The molecule has 0 spiro atoms. The van der Waals surface area contributed by atoms with Gasteiger partial charge >= 0.3 is 11.9 Å². The van der Waals surface area contributed by atoms with Gasteiger partial charge in [0.05, 0.1) is 0 Å². The standard InChI is InChI=1S/C16H28O4S4/c17-15(18)13-9-5-1-3-7-11-21-24-14(16(19)20)10-6-2-4-8-12-22-23-13/h13-14H,1-12H2,(H,17,18)(H,19,20). The van der Waals surface area contributed by atoms with Crippen molar-refractivity contribution in [3.63, 3.8) is 0 Å². The van der Waals surface area contributed by atoms with Crippen LogP contribution in [0.4, 0.5) is 0 Å². The Hall–Kier alpha value is 0.340. The Labute approximate surface area is 160 Å². The molecule has 4 nitrogen and oxygen atoms in total. The van der Waals surface area contributed by atoms with Gasteiger partial charge in [0.1, 0.15) is 10.5 Å². The maximum Gasteiger partial charge on any atom is 0.317 e. The van der Waals surface area contributed by atoms with Crippen LogP contribution in [-0.2, 0) is 9.59 Å². The Bertz CT molecular complexity index is 314. The maximum atomic E-state index is 11.3. The van der Waals surface area contributed by atoms with Gasteiger partial charge in [0.2, 0.25) is 0 Å². The van der Waals surface area contributed by atoms with Gasteiger partial charge in [-0.2, -0.15) is 0 Å². The van der Waals surface area contributed by atoms with E-state index in [1.54, 1.807) is 21.6 Å². The molecular weight excluding hydrogens is 384 g/mol. The Morgan fingerprint density at radius 1 is 0.625 bits per heavy atom. The zero-order valence-corrected chi connectivity index (χ0v) is 17.2. The van der Waals surface area contributed by atoms with Crippen molar-refractivity contribution in [2.75, 3.05) is 11.5 Å². The van der Waals surface area contributed by atoms with E-state index in [0.717, 1.165) is 75.7 Å². The third-order valence-electron chi connectivity index (χ3n) is 3.81. The fraction of sp³-hybridized carbons (Fsp3) is 0.875. The van der Waals surface area contributed by atoms with Crippen LogP contribution in [0.3, 0.4) is 0 Å². The van der Waals surface area contributed by atoms with Gasteiger partial charge in [-0.1, -0.05) is 81.7 Å². The number of rotatable bonds is 2. The number of hydrogen-bond donors (Lipinski definition) is 2. The average molecular weight is 413 g/mol. The van der Waals surface area contributed by atoms with Gasteiger partial charge in [0, 0.05) is 11.5 Å². The zero-order valence-electron chi connectivity index (χ0n) is 14.0. The molecule has 0 aliphatic carbocycles. The number of carbonyl (C=O) groups is 2. The summed E-state index contributed by atoms with van der Waals surface area (Å²) in [6, 6.07) is 0. The fourth-order valence-corrected chi connectivity index (χ4v) is 7.57. The second-order valence-electron chi connectivity index (χ2n) is 5.90. The first-order valence-electron chi connectivity index (χ1n) is 8.63. The Morgan fingerprint density at radius 2 is 1.00 bits per heavy atom. The highest BCUT2D eigenvalue weighted by Crippen LogP contribution is 2.33. The van der Waals surface area contributed by atoms with Gasteiger partial charge in [0.25, 0.3) is 0 Å². The minimum atomic E-state index is -0.687. The molecule has 0 aromatic carbocycles. The average Bonchev–Trinajstić information content (AvgIpc) is 2.54. The molecule has 2 unspecified atom stereocenters. The largest absolute Gasteiger partial charge is 0.480 e. The first kappa shape index (κ1) is 22.4. The molecular formula is C16H28O4S4. The molecule has 1 saturated heterocycles. The smallest absolute Gasteiger partial charge is 0.317 e. The lowest BCUT2D eigenvalue weighted by molar-refractivity contribution is -0.137. The lowest BCUT2D eigenvalue weighted by Crippen LogP contribution is -2.15. The van der Waals surface area contributed by atoms with Gasteiger partial charge in [0.15, 0.2) is 0 Å². The van der Waals surface area contributed by atoms with Gasteiger partial charge < -0.3 is 10.2 Å². The minimum absolute atomic E-state index is 0.282. The second-order valence-corrected chi connectivity index (χ2v) is 11.3. The Balaban J connectivity index is 2.37. The monoisotopic (exact) mass is 412 g/mol. The van der Waals surface area contributed by atoms with Crippen molar-refractivity contribution in [1.82, 2.24) is 0 Å². The van der Waals surface area contributed by atoms with Crippen molar-refractivity contribution in [3.8, 4) is 0 Å². The van der Waals surface area contributed by atoms with Crippen LogP contribution in [-0.4, -0.2) is 44.2 Å². The summed E-state index contributed by atoms with van der Waals surface area (Å²) in [5.74, 6) is 0.574. The van der Waals surface area contributed by atoms with E-state index >= 15 is 0 Å². The molecule has 8 heteroatoms. The van der Waals surface area contributed by atoms with E-state index in [2.05, 4.69) is 0 Å². The normalized spacial score (nSPS) is 26.8. The molecule has 2 N–H and O–H groups in total. The number of carboxylic acid groups (broad SMARTS) is 2. The van der Waals surface area contributed by atoms with E-state index in [4.69, 9.17) is 0 Å². The van der Waals surface area contributed by atoms with Crippen LogP contribution >= 0.6 is 43.2 Å². The molecule has 140 valence electrons. The molecule has 0 radical (unpaired) electrons. The summed E-state index contributed by atoms with van der Waals surface area (Å²) in [5.41, 5.74) is 0. The summed E-state index contributed by atoms with van der Waals surface area (Å²) in [6.45, 7) is 0. The summed E-state index contributed by atoms with van der Waals surface area (Å²) in [5, 5.41) is 18.0. The van der Waals surface area contributed by atoms with E-state index in [-0.39, 0.29) is 10.5 Å². The summed E-state index contributed by atoms with van der Waals surface area (Å²) in [6.07, 6.45) is 9.86. The minimum Gasteiger partial charge on any atom is -0.480 e. The fourth-order valence-electron chi connectivity index (χ4n) is 2.37. The molecule has 0 aromatic rings. The summed E-state index contributed by atoms with van der Waals surface area (Å²) >= 11 is 0. The van der Waals surface area contributed by atoms with Crippen molar-refractivity contribution in [1.29, 1.82) is 0 Å². The van der Waals surface area contributed by atoms with Crippen molar-refractivity contribution in [2.24, 2.45) is 0 Å². The van der Waals surface area contributed by atoms with Crippen LogP contribution in [0, 0.1) is 0 Å². The van der Waals surface area contributed by atoms with Gasteiger partial charge in [-0.25, -0.2) is 0 Å². The maximum absolute atomic E-state index is 11.3. The zero-order chi connectivity index (χ0) is 17.6. The third-order valence-corrected chi connectivity index (χ3v) is 9.54. The van der Waals surface area contributed by atoms with Crippen LogP contribution < -0.4 is 0 Å². The number of hydrogen-bond acceptors (Lipinski definition) is 6. The molecule has 0 aromatic heterocycles. The lowest BCUT2D eigenvalue weighted by atomic mass is 10.1. The number of aliphatic carboxylic acids is 2. The highest BCUT2D eigenvalue weighted by atomic mass is 33.1. The second kappa shape index (κ2) is 14.5. The Morgan fingerprint density at radius 3 is 1.38 bits per heavy atom. The predicted octanol–water partition coefficient (Wildman–Crippen LogP) is 5.57. The number of carboxylic acids is 2. The molecule has 0 bridgehead atoms. The predicted molar refractivity (Wildman–Crippen MR) is 109 cm³/mol. The highest BCUT2D eigenvalue weighted by molar-refractivity contribution is 8.77. The lowest BCUT2D eigenvalue weighted by Gasteiger charge is -2.13. The van der Waals surface area contributed by atoms with E-state index in [1.807, 2.05) is 0 Å². The molecule has 1 rings (SSSR count). The molecule has 24 heavy (non-hydrogen) atoms. The molecule has 0 saturated carbocycles. The van der Waals surface area contributed by atoms with Crippen LogP contribution in [0.1, 0.15) is 64.2 Å². The first-order valence-corrected chi connectivity index (χ1v) is 13.4. The van der Waals surface area contributed by atoms with Crippen molar-refractivity contribution in [2.45, 2.75) is 74.7 Å². The van der Waals surface area contributed by atoms with Gasteiger partial charge in [-0.15, -0.1) is 0 Å². The van der Waals surface area contributed by atoms with Crippen LogP contribution in [0.5, 0.6) is 0 Å². The summed E-state index contributed by atoms with van der Waals surface area (Å²) < 4.78 is 0. The van der Waals surface area contributed by atoms with Crippen molar-refractivity contribution >= 4 is 55.1 Å². The summed E-state index contributed by atoms with van der Waals surface area (Å²) in [4.78, 5) is 22.6. The third kappa shape index (κ3) is 11.1. The van der Waals surface area contributed by atoms with Crippen molar-refractivity contribution < 1.29 is 19.8 Å². The quantitative estimate of drug-likeness (QED) is 0.570. The molecule has 1 heterocycles. The van der Waals surface area contributed by atoms with Crippen molar-refractivity contribution in [3.05, 3.63) is 0 Å².